The van der Waals surface area contributed by atoms with Gasteiger partial charge in [0.1, 0.15) is 12.1 Å². The molecule has 0 bridgehead atoms. The summed E-state index contributed by atoms with van der Waals surface area (Å²) in [4.78, 5) is 18.6. The topological polar surface area (TPSA) is 87.5 Å². The third-order valence-corrected chi connectivity index (χ3v) is 8.59. The summed E-state index contributed by atoms with van der Waals surface area (Å²) in [7, 11) is 0. The molecule has 1 aliphatic carbocycles. The Bertz CT molecular complexity index is 1400. The molecule has 1 unspecified atom stereocenters. The molecule has 0 spiro atoms. The Balaban J connectivity index is 1.55. The average molecular weight is 642 g/mol. The van der Waals surface area contributed by atoms with Crippen LogP contribution in [0.25, 0.3) is 0 Å². The largest absolute Gasteiger partial charge is 0.490 e. The molecule has 1 aromatic heterocycles. The molecule has 1 aliphatic heterocycles. The van der Waals surface area contributed by atoms with Gasteiger partial charge in [-0.2, -0.15) is 4.98 Å². The molecule has 5 rings (SSSR count). The number of aromatic nitrogens is 3. The number of benzene rings is 2. The van der Waals surface area contributed by atoms with Crippen LogP contribution in [-0.2, 0) is 15.3 Å². The number of halogens is 1. The minimum atomic E-state index is -0.565. The van der Waals surface area contributed by atoms with E-state index in [1.54, 1.807) is 16.4 Å². The van der Waals surface area contributed by atoms with Gasteiger partial charge >= 0.3 is 5.97 Å². The summed E-state index contributed by atoms with van der Waals surface area (Å²) in [6.07, 6.45) is 5.02. The number of fused-ring (bicyclic) bond motifs is 1. The Kier molecular flexibility index (Phi) is 9.60. The van der Waals surface area contributed by atoms with Crippen LogP contribution >= 0.6 is 27.7 Å². The molecule has 0 saturated heterocycles. The SMILES string of the molecule is CCOc1cc(C2C(C(=O)OC3CCCCC3)=C(C)Nc3nc(SCc4ccccc4)nn32)cc(Br)c1OC(C)C. The lowest BCUT2D eigenvalue weighted by Crippen LogP contribution is -2.32. The molecule has 2 aliphatic rings. The van der Waals surface area contributed by atoms with Crippen molar-refractivity contribution in [1.29, 1.82) is 0 Å². The summed E-state index contributed by atoms with van der Waals surface area (Å²) in [5, 5.41) is 8.84. The molecule has 1 fully saturated rings. The number of esters is 1. The number of nitrogens with one attached hydrogen (secondary N) is 1. The molecule has 8 nitrogen and oxygen atoms in total. The molecule has 1 N–H and O–H groups in total. The third-order valence-electron chi connectivity index (χ3n) is 7.09. The van der Waals surface area contributed by atoms with Crippen LogP contribution in [0.4, 0.5) is 5.95 Å². The average Bonchev–Trinajstić information content (AvgIpc) is 3.36. The second-order valence-corrected chi connectivity index (χ2v) is 12.4. The highest BCUT2D eigenvalue weighted by Gasteiger charge is 2.37. The fourth-order valence-corrected chi connectivity index (χ4v) is 6.58. The van der Waals surface area contributed by atoms with Gasteiger partial charge in [-0.25, -0.2) is 9.48 Å². The van der Waals surface area contributed by atoms with E-state index in [1.165, 1.54) is 12.0 Å². The molecule has 0 amide bonds. The quantitative estimate of drug-likeness (QED) is 0.178. The number of rotatable bonds is 10. The minimum absolute atomic E-state index is 0.0375. The van der Waals surface area contributed by atoms with Gasteiger partial charge in [0.15, 0.2) is 11.5 Å². The van der Waals surface area contributed by atoms with E-state index >= 15 is 0 Å². The zero-order valence-electron chi connectivity index (χ0n) is 24.0. The first-order valence-corrected chi connectivity index (χ1v) is 16.1. The Morgan fingerprint density at radius 3 is 2.63 bits per heavy atom. The Morgan fingerprint density at radius 1 is 1.17 bits per heavy atom. The van der Waals surface area contributed by atoms with Gasteiger partial charge in [-0.05, 0) is 92.6 Å². The fourth-order valence-electron chi connectivity index (χ4n) is 5.24. The van der Waals surface area contributed by atoms with Crippen LogP contribution in [0.15, 0.2) is 63.4 Å². The Labute approximate surface area is 254 Å². The van der Waals surface area contributed by atoms with Gasteiger partial charge in [-0.15, -0.1) is 5.10 Å². The summed E-state index contributed by atoms with van der Waals surface area (Å²) >= 11 is 5.26. The predicted molar refractivity (Wildman–Crippen MR) is 165 cm³/mol. The van der Waals surface area contributed by atoms with Crippen molar-refractivity contribution in [1.82, 2.24) is 14.8 Å². The molecule has 2 heterocycles. The van der Waals surface area contributed by atoms with Crippen molar-refractivity contribution in [3.05, 3.63) is 69.3 Å². The van der Waals surface area contributed by atoms with Crippen LogP contribution in [0.5, 0.6) is 11.5 Å². The van der Waals surface area contributed by atoms with Crippen molar-refractivity contribution in [3.8, 4) is 11.5 Å². The van der Waals surface area contributed by atoms with Crippen LogP contribution in [0, 0.1) is 0 Å². The van der Waals surface area contributed by atoms with Gasteiger partial charge in [0.2, 0.25) is 11.1 Å². The fraction of sp³-hybridized carbons (Fsp3) is 0.452. The molecule has 0 radical (unpaired) electrons. The zero-order chi connectivity index (χ0) is 28.9. The molecule has 1 saturated carbocycles. The van der Waals surface area contributed by atoms with Crippen molar-refractivity contribution in [3.63, 3.8) is 0 Å². The van der Waals surface area contributed by atoms with Crippen LogP contribution < -0.4 is 14.8 Å². The number of nitrogens with zero attached hydrogens (tertiary/aromatic N) is 3. The van der Waals surface area contributed by atoms with E-state index in [-0.39, 0.29) is 18.2 Å². The third kappa shape index (κ3) is 6.92. The molecular formula is C31H37BrN4O4S. The number of allylic oxidation sites excluding steroid dienone is 1. The van der Waals surface area contributed by atoms with Crippen molar-refractivity contribution in [2.45, 2.75) is 89.0 Å². The van der Waals surface area contributed by atoms with E-state index in [0.29, 0.717) is 40.5 Å². The van der Waals surface area contributed by atoms with Gasteiger partial charge in [0.25, 0.3) is 0 Å². The molecular weight excluding hydrogens is 604 g/mol. The van der Waals surface area contributed by atoms with Crippen molar-refractivity contribution < 1.29 is 19.0 Å². The van der Waals surface area contributed by atoms with Gasteiger partial charge in [-0.1, -0.05) is 48.5 Å². The maximum Gasteiger partial charge on any atom is 0.338 e. The summed E-state index contributed by atoms with van der Waals surface area (Å²) in [6, 6.07) is 13.6. The maximum atomic E-state index is 13.8. The lowest BCUT2D eigenvalue weighted by Gasteiger charge is -2.30. The molecule has 218 valence electrons. The standard InChI is InChI=1S/C31H37BrN4O4S/c1-5-38-25-17-22(16-24(32)28(25)39-19(2)3)27-26(29(37)40-23-14-10-7-11-15-23)20(4)33-30-34-31(35-36(27)30)41-18-21-12-8-6-9-13-21/h6,8-9,12-13,16-17,19,23,27H,5,7,10-11,14-15,18H2,1-4H3,(H,33,34,35). The minimum Gasteiger partial charge on any atom is -0.490 e. The highest BCUT2D eigenvalue weighted by molar-refractivity contribution is 9.10. The number of carbonyl (C=O) groups is 1. The Hall–Kier alpha value is -2.98. The lowest BCUT2D eigenvalue weighted by molar-refractivity contribution is -0.146. The second-order valence-electron chi connectivity index (χ2n) is 10.6. The van der Waals surface area contributed by atoms with Gasteiger partial charge in [-0.3, -0.25) is 0 Å². The van der Waals surface area contributed by atoms with Gasteiger partial charge < -0.3 is 19.5 Å². The van der Waals surface area contributed by atoms with Crippen molar-refractivity contribution >= 4 is 39.6 Å². The monoisotopic (exact) mass is 640 g/mol. The summed E-state index contributed by atoms with van der Waals surface area (Å²) in [5.74, 6) is 2.21. The molecule has 1 atom stereocenters. The Morgan fingerprint density at radius 2 is 1.93 bits per heavy atom. The highest BCUT2D eigenvalue weighted by atomic mass is 79.9. The van der Waals surface area contributed by atoms with Crippen molar-refractivity contribution in [2.24, 2.45) is 0 Å². The van der Waals surface area contributed by atoms with Gasteiger partial charge in [0.05, 0.1) is 22.8 Å². The van der Waals surface area contributed by atoms with Crippen LogP contribution in [0.2, 0.25) is 0 Å². The summed E-state index contributed by atoms with van der Waals surface area (Å²) in [5.41, 5.74) is 3.22. The number of hydrogen-bond acceptors (Lipinski definition) is 8. The van der Waals surface area contributed by atoms with Crippen LogP contribution in [0.1, 0.15) is 77.0 Å². The molecule has 41 heavy (non-hydrogen) atoms. The number of ether oxygens (including phenoxy) is 3. The smallest absolute Gasteiger partial charge is 0.338 e. The van der Waals surface area contributed by atoms with E-state index in [0.717, 1.165) is 41.5 Å². The summed E-state index contributed by atoms with van der Waals surface area (Å²) in [6.45, 7) is 8.26. The molecule has 3 aromatic rings. The first kappa shape index (κ1) is 29.5. The maximum absolute atomic E-state index is 13.8. The number of thioether (sulfide) groups is 1. The van der Waals surface area contributed by atoms with Crippen LogP contribution in [0.3, 0.4) is 0 Å². The lowest BCUT2D eigenvalue weighted by atomic mass is 9.94. The van der Waals surface area contributed by atoms with Crippen LogP contribution in [-0.4, -0.2) is 39.5 Å². The summed E-state index contributed by atoms with van der Waals surface area (Å²) < 4.78 is 20.7. The first-order chi connectivity index (χ1) is 19.8. The molecule has 2 aromatic carbocycles. The number of hydrogen-bond donors (Lipinski definition) is 1. The number of carbonyl (C=O) groups excluding carboxylic acids is 1. The van der Waals surface area contributed by atoms with E-state index in [2.05, 4.69) is 33.4 Å². The van der Waals surface area contributed by atoms with E-state index in [1.807, 2.05) is 58.0 Å². The number of anilines is 1. The van der Waals surface area contributed by atoms with E-state index < -0.39 is 6.04 Å². The first-order valence-electron chi connectivity index (χ1n) is 14.3. The predicted octanol–water partition coefficient (Wildman–Crippen LogP) is 7.68. The van der Waals surface area contributed by atoms with Crippen molar-refractivity contribution in [2.75, 3.05) is 11.9 Å². The van der Waals surface area contributed by atoms with E-state index in [9.17, 15) is 4.79 Å². The molecule has 10 heteroatoms. The highest BCUT2D eigenvalue weighted by Crippen LogP contribution is 2.44. The second kappa shape index (κ2) is 13.3. The zero-order valence-corrected chi connectivity index (χ0v) is 26.4. The normalized spacial score (nSPS) is 17.3. The van der Waals surface area contributed by atoms with Gasteiger partial charge in [0, 0.05) is 11.4 Å². The van der Waals surface area contributed by atoms with E-state index in [4.69, 9.17) is 24.3 Å².